The zero-order valence-corrected chi connectivity index (χ0v) is 13.3. The summed E-state index contributed by atoms with van der Waals surface area (Å²) in [5.41, 5.74) is 5.86. The monoisotopic (exact) mass is 266 g/mol. The van der Waals surface area contributed by atoms with Crippen molar-refractivity contribution in [3.63, 3.8) is 0 Å². The summed E-state index contributed by atoms with van der Waals surface area (Å²) in [5.74, 6) is -0.0913. The lowest BCUT2D eigenvalue weighted by molar-refractivity contribution is 0.525. The maximum Gasteiger partial charge on any atom is 0.138 e. The fraction of sp³-hybridized carbons (Fsp3) is 0.294. The lowest BCUT2D eigenvalue weighted by Crippen LogP contribution is -2.26. The summed E-state index contributed by atoms with van der Waals surface area (Å²) in [4.78, 5) is 0. The van der Waals surface area contributed by atoms with Crippen molar-refractivity contribution in [2.45, 2.75) is 33.1 Å². The molecule has 2 rings (SSSR count). The van der Waals surface area contributed by atoms with Crippen LogP contribution in [-0.4, -0.2) is 15.7 Å². The Morgan fingerprint density at radius 2 is 1.55 bits per heavy atom. The van der Waals surface area contributed by atoms with Gasteiger partial charge in [0.15, 0.2) is 0 Å². The molecule has 0 nitrogen and oxygen atoms in total. The van der Waals surface area contributed by atoms with Gasteiger partial charge in [-0.3, -0.25) is 0 Å². The van der Waals surface area contributed by atoms with Crippen molar-refractivity contribution in [2.75, 3.05) is 0 Å². The number of rotatable bonds is 1. The minimum absolute atomic E-state index is 0.0913. The Kier molecular flexibility index (Phi) is 3.82. The minimum Gasteiger partial charge on any atom is -0.206 e. The molecule has 3 heteroatoms. The average molecular weight is 266 g/mol. The predicted molar refractivity (Wildman–Crippen MR) is 91.6 cm³/mol. The second-order valence-electron chi connectivity index (χ2n) is 6.67. The molecule has 0 saturated carbocycles. The molecule has 0 amide bonds. The second kappa shape index (κ2) is 5.12. The zero-order chi connectivity index (χ0) is 15.1. The first-order valence-corrected chi connectivity index (χ1v) is 7.09. The summed E-state index contributed by atoms with van der Waals surface area (Å²) in [6, 6.07) is 9.94. The van der Waals surface area contributed by atoms with Gasteiger partial charge in [-0.15, -0.1) is 0 Å². The molecule has 0 saturated heterocycles. The molecule has 20 heavy (non-hydrogen) atoms. The normalized spacial score (nSPS) is 11.7. The maximum atomic E-state index is 14.9. The standard InChI is InChI=1S/C17H21B2F/c1-10-8-14(18)15(19)9-12(10)11-6-5-7-13(16(11)20)17(2,3)4/h5-9H,18-19H2,1-4H3. The molecule has 0 unspecified atom stereocenters. The molecule has 0 heterocycles. The molecule has 0 aromatic heterocycles. The molecule has 0 aliphatic rings. The lowest BCUT2D eigenvalue weighted by Gasteiger charge is -2.22. The number of halogens is 1. The number of benzene rings is 2. The van der Waals surface area contributed by atoms with E-state index in [9.17, 15) is 4.39 Å². The van der Waals surface area contributed by atoms with Crippen LogP contribution < -0.4 is 10.9 Å². The molecule has 0 N–H and O–H groups in total. The number of hydrogen-bond acceptors (Lipinski definition) is 0. The van der Waals surface area contributed by atoms with Gasteiger partial charge in [-0.2, -0.15) is 0 Å². The molecule has 0 spiro atoms. The van der Waals surface area contributed by atoms with Gasteiger partial charge in [0, 0.05) is 5.56 Å². The molecule has 0 bridgehead atoms. The minimum atomic E-state index is -0.187. The fourth-order valence-corrected chi connectivity index (χ4v) is 2.57. The Balaban J connectivity index is 2.69. The van der Waals surface area contributed by atoms with Crippen LogP contribution in [-0.2, 0) is 5.41 Å². The van der Waals surface area contributed by atoms with Crippen molar-refractivity contribution in [1.82, 2.24) is 0 Å². The molecular weight excluding hydrogens is 245 g/mol. The van der Waals surface area contributed by atoms with E-state index >= 15 is 0 Å². The molecule has 0 aliphatic carbocycles. The van der Waals surface area contributed by atoms with Gasteiger partial charge >= 0.3 is 0 Å². The molecule has 2 aromatic rings. The van der Waals surface area contributed by atoms with Crippen LogP contribution in [0.5, 0.6) is 0 Å². The molecule has 0 radical (unpaired) electrons. The van der Waals surface area contributed by atoms with Gasteiger partial charge in [-0.1, -0.05) is 62.0 Å². The molecule has 0 atom stereocenters. The van der Waals surface area contributed by atoms with Crippen LogP contribution in [0.1, 0.15) is 31.9 Å². The molecule has 2 aromatic carbocycles. The van der Waals surface area contributed by atoms with Crippen LogP contribution in [0.15, 0.2) is 30.3 Å². The van der Waals surface area contributed by atoms with E-state index in [0.717, 1.165) is 16.7 Å². The van der Waals surface area contributed by atoms with Crippen molar-refractivity contribution >= 4 is 26.6 Å². The Hall–Kier alpha value is -1.50. The van der Waals surface area contributed by atoms with E-state index < -0.39 is 0 Å². The third-order valence-electron chi connectivity index (χ3n) is 3.94. The Labute approximate surface area is 123 Å². The van der Waals surface area contributed by atoms with Crippen molar-refractivity contribution in [3.8, 4) is 11.1 Å². The molecule has 0 aliphatic heterocycles. The van der Waals surface area contributed by atoms with Crippen LogP contribution in [0.3, 0.4) is 0 Å². The number of hydrogen-bond donors (Lipinski definition) is 0. The summed E-state index contributed by atoms with van der Waals surface area (Å²) in [6.45, 7) is 8.18. The summed E-state index contributed by atoms with van der Waals surface area (Å²) >= 11 is 0. The van der Waals surface area contributed by atoms with E-state index in [0.29, 0.717) is 5.56 Å². The van der Waals surface area contributed by atoms with E-state index in [2.05, 4.69) is 27.8 Å². The van der Waals surface area contributed by atoms with Gasteiger partial charge in [-0.05, 0) is 29.0 Å². The first kappa shape index (κ1) is 14.9. The van der Waals surface area contributed by atoms with Crippen molar-refractivity contribution in [3.05, 3.63) is 47.3 Å². The van der Waals surface area contributed by atoms with Gasteiger partial charge in [-0.25, -0.2) is 4.39 Å². The smallest absolute Gasteiger partial charge is 0.138 e. The lowest BCUT2D eigenvalue weighted by atomic mass is 9.77. The summed E-state index contributed by atoms with van der Waals surface area (Å²) in [6.07, 6.45) is 0. The highest BCUT2D eigenvalue weighted by Gasteiger charge is 2.21. The molecule has 0 fully saturated rings. The second-order valence-corrected chi connectivity index (χ2v) is 6.67. The predicted octanol–water partition coefficient (Wildman–Crippen LogP) is 1.62. The Morgan fingerprint density at radius 3 is 2.15 bits per heavy atom. The van der Waals surface area contributed by atoms with E-state index in [1.165, 1.54) is 10.9 Å². The third kappa shape index (κ3) is 2.67. The summed E-state index contributed by atoms with van der Waals surface area (Å²) in [7, 11) is 4.16. The number of aryl methyl sites for hydroxylation is 1. The topological polar surface area (TPSA) is 0 Å². The van der Waals surface area contributed by atoms with Crippen molar-refractivity contribution < 1.29 is 4.39 Å². The van der Waals surface area contributed by atoms with Crippen LogP contribution in [0.25, 0.3) is 11.1 Å². The van der Waals surface area contributed by atoms with Crippen molar-refractivity contribution in [1.29, 1.82) is 0 Å². The van der Waals surface area contributed by atoms with Crippen LogP contribution in [0.2, 0.25) is 0 Å². The highest BCUT2D eigenvalue weighted by molar-refractivity contribution is 6.48. The van der Waals surface area contributed by atoms with Crippen molar-refractivity contribution in [2.24, 2.45) is 0 Å². The van der Waals surface area contributed by atoms with Crippen LogP contribution in [0, 0.1) is 12.7 Å². The van der Waals surface area contributed by atoms with E-state index in [-0.39, 0.29) is 11.2 Å². The Bertz CT molecular complexity index is 655. The highest BCUT2D eigenvalue weighted by Crippen LogP contribution is 2.32. The highest BCUT2D eigenvalue weighted by atomic mass is 19.1. The van der Waals surface area contributed by atoms with Crippen LogP contribution in [0.4, 0.5) is 4.39 Å². The van der Waals surface area contributed by atoms with E-state index in [1.54, 1.807) is 0 Å². The average Bonchev–Trinajstić information content (AvgIpc) is 2.33. The van der Waals surface area contributed by atoms with E-state index in [1.807, 2.05) is 45.9 Å². The zero-order valence-electron chi connectivity index (χ0n) is 13.3. The summed E-state index contributed by atoms with van der Waals surface area (Å²) in [5, 5.41) is 0. The largest absolute Gasteiger partial charge is 0.206 e. The van der Waals surface area contributed by atoms with Gasteiger partial charge in [0.05, 0.1) is 0 Å². The third-order valence-corrected chi connectivity index (χ3v) is 3.94. The van der Waals surface area contributed by atoms with Gasteiger partial charge in [0.1, 0.15) is 21.5 Å². The van der Waals surface area contributed by atoms with E-state index in [4.69, 9.17) is 0 Å². The van der Waals surface area contributed by atoms with Gasteiger partial charge in [0.25, 0.3) is 0 Å². The van der Waals surface area contributed by atoms with Gasteiger partial charge < -0.3 is 0 Å². The quantitative estimate of drug-likeness (QED) is 0.688. The SMILES string of the molecule is Bc1cc(C)c(-c2cccc(C(C)(C)C)c2F)cc1B. The maximum absolute atomic E-state index is 14.9. The first-order chi connectivity index (χ1) is 9.21. The van der Waals surface area contributed by atoms with Crippen LogP contribution >= 0.6 is 0 Å². The fourth-order valence-electron chi connectivity index (χ4n) is 2.57. The molecular formula is C17H21B2F. The Morgan fingerprint density at radius 1 is 0.950 bits per heavy atom. The molecule has 102 valence electrons. The van der Waals surface area contributed by atoms with Gasteiger partial charge in [0.2, 0.25) is 0 Å². The first-order valence-electron chi connectivity index (χ1n) is 7.09. The summed E-state index contributed by atoms with van der Waals surface area (Å²) < 4.78 is 14.9.